The maximum Gasteiger partial charge on any atom is 0.389 e. The summed E-state index contributed by atoms with van der Waals surface area (Å²) < 4.78 is 59.2. The summed E-state index contributed by atoms with van der Waals surface area (Å²) in [7, 11) is 0. The van der Waals surface area contributed by atoms with E-state index in [1.54, 1.807) is 18.2 Å². The molecule has 10 heteroatoms. The van der Waals surface area contributed by atoms with Gasteiger partial charge in [0.25, 0.3) is 0 Å². The highest BCUT2D eigenvalue weighted by atomic mass is 19.4. The van der Waals surface area contributed by atoms with Crippen molar-refractivity contribution in [1.82, 2.24) is 0 Å². The Morgan fingerprint density at radius 2 is 1.22 bits per heavy atom. The molecule has 0 radical (unpaired) electrons. The number of rotatable bonds is 18. The summed E-state index contributed by atoms with van der Waals surface area (Å²) in [4.78, 5) is 11.9. The van der Waals surface area contributed by atoms with Crippen LogP contribution in [0.15, 0.2) is 103 Å². The second-order valence-corrected chi connectivity index (χ2v) is 12.5. The smallest absolute Gasteiger partial charge is 0.389 e. The predicted octanol–water partition coefficient (Wildman–Crippen LogP) is 9.26. The van der Waals surface area contributed by atoms with Crippen LogP contribution >= 0.6 is 0 Å². The van der Waals surface area contributed by atoms with Crippen molar-refractivity contribution in [3.63, 3.8) is 0 Å². The third kappa shape index (κ3) is 11.8. The van der Waals surface area contributed by atoms with Crippen molar-refractivity contribution in [2.45, 2.75) is 63.5 Å². The molecule has 0 bridgehead atoms. The molecule has 1 aliphatic carbocycles. The first-order chi connectivity index (χ1) is 24.0. The monoisotopic (exact) mass is 694 g/mol. The van der Waals surface area contributed by atoms with Crippen molar-refractivity contribution in [1.29, 1.82) is 0 Å². The van der Waals surface area contributed by atoms with E-state index in [2.05, 4.69) is 44.0 Å². The lowest BCUT2D eigenvalue weighted by Crippen LogP contribution is -2.14. The number of esters is 1. The summed E-state index contributed by atoms with van der Waals surface area (Å²) in [5, 5.41) is 18.3. The molecule has 1 aliphatic rings. The van der Waals surface area contributed by atoms with Crippen molar-refractivity contribution >= 4 is 5.97 Å². The van der Waals surface area contributed by atoms with E-state index in [0.29, 0.717) is 35.3 Å². The molecule has 1 fully saturated rings. The minimum Gasteiger partial charge on any atom is -0.458 e. The summed E-state index contributed by atoms with van der Waals surface area (Å²) in [6.07, 6.45) is 1.25. The van der Waals surface area contributed by atoms with Gasteiger partial charge >= 0.3 is 12.1 Å². The third-order valence-electron chi connectivity index (χ3n) is 8.92. The van der Waals surface area contributed by atoms with Gasteiger partial charge in [0.15, 0.2) is 0 Å². The number of unbranched alkanes of at least 4 members (excludes halogenated alkanes) is 1. The lowest BCUT2D eigenvalue weighted by Gasteiger charge is -2.29. The SMILES string of the molecule is C=C(CO)C(=C)OCOc1cc(OCOC(=O)C(=C)CO)cc(-c2ccc(-c3ccc(C4CCC(CCCCC(F)(F)F)CC4)cc3)cc2)c1. The molecule has 0 atom stereocenters. The van der Waals surface area contributed by atoms with Gasteiger partial charge in [-0.15, -0.1) is 0 Å². The first-order valence-corrected chi connectivity index (χ1v) is 16.7. The van der Waals surface area contributed by atoms with Gasteiger partial charge in [-0.05, 0) is 83.9 Å². The van der Waals surface area contributed by atoms with Crippen LogP contribution in [0.1, 0.15) is 62.8 Å². The number of aliphatic hydroxyl groups is 2. The second-order valence-electron chi connectivity index (χ2n) is 12.5. The molecule has 3 aromatic rings. The highest BCUT2D eigenvalue weighted by Gasteiger charge is 2.27. The summed E-state index contributed by atoms with van der Waals surface area (Å²) in [6.45, 7) is 9.39. The van der Waals surface area contributed by atoms with Crippen LogP contribution in [0.5, 0.6) is 11.5 Å². The van der Waals surface area contributed by atoms with E-state index in [0.717, 1.165) is 54.4 Å². The second kappa shape index (κ2) is 18.5. The van der Waals surface area contributed by atoms with Gasteiger partial charge in [0, 0.05) is 18.1 Å². The number of carbonyl (C=O) groups is 1. The molecule has 0 saturated heterocycles. The van der Waals surface area contributed by atoms with E-state index in [9.17, 15) is 23.1 Å². The standard InChI is InChI=1S/C40H45F3O7/c1-27(23-44)29(3)47-25-48-37-20-36(21-38(22-37)49-26-50-39(46)28(2)24-45)35-17-15-34(16-18-35)33-13-11-32(12-14-33)31-9-7-30(8-10-31)6-4-5-19-40(41,42)43/h11-18,20-22,30-31,44-45H,1-10,19,23-26H2. The van der Waals surface area contributed by atoms with Crippen LogP contribution in [-0.4, -0.2) is 49.2 Å². The van der Waals surface area contributed by atoms with E-state index in [1.807, 2.05) is 24.3 Å². The van der Waals surface area contributed by atoms with Crippen LogP contribution in [0.25, 0.3) is 22.3 Å². The fourth-order valence-corrected chi connectivity index (χ4v) is 5.93. The predicted molar refractivity (Wildman–Crippen MR) is 186 cm³/mol. The first kappa shape index (κ1) is 38.3. The summed E-state index contributed by atoms with van der Waals surface area (Å²) in [5.74, 6) is 1.17. The molecule has 2 N–H and O–H groups in total. The zero-order valence-electron chi connectivity index (χ0n) is 28.2. The van der Waals surface area contributed by atoms with Crippen molar-refractivity contribution in [3.8, 4) is 33.8 Å². The molecular weight excluding hydrogens is 649 g/mol. The molecule has 0 heterocycles. The number of halogens is 3. The largest absolute Gasteiger partial charge is 0.458 e. The molecule has 0 aromatic heterocycles. The normalized spacial score (nSPS) is 15.9. The van der Waals surface area contributed by atoms with Crippen molar-refractivity contribution in [3.05, 3.63) is 109 Å². The van der Waals surface area contributed by atoms with Gasteiger partial charge in [0.05, 0.1) is 18.8 Å². The van der Waals surface area contributed by atoms with Gasteiger partial charge in [-0.3, -0.25) is 0 Å². The lowest BCUT2D eigenvalue weighted by atomic mass is 9.77. The number of carbonyl (C=O) groups excluding carboxylic acids is 1. The number of hydrogen-bond donors (Lipinski definition) is 2. The average molecular weight is 695 g/mol. The van der Waals surface area contributed by atoms with Crippen LogP contribution in [0.4, 0.5) is 13.2 Å². The van der Waals surface area contributed by atoms with E-state index in [1.165, 1.54) is 5.56 Å². The Morgan fingerprint density at radius 1 is 0.700 bits per heavy atom. The zero-order chi connectivity index (χ0) is 36.1. The molecule has 4 rings (SSSR count). The highest BCUT2D eigenvalue weighted by molar-refractivity contribution is 5.87. The van der Waals surface area contributed by atoms with Gasteiger partial charge in [0.2, 0.25) is 13.6 Å². The summed E-state index contributed by atoms with van der Waals surface area (Å²) in [6, 6.07) is 21.8. The van der Waals surface area contributed by atoms with Crippen LogP contribution in [0.3, 0.4) is 0 Å². The molecule has 0 amide bonds. The van der Waals surface area contributed by atoms with Crippen LogP contribution in [0, 0.1) is 5.92 Å². The quantitative estimate of drug-likeness (QED) is 0.0342. The molecule has 268 valence electrons. The van der Waals surface area contributed by atoms with Crippen molar-refractivity contribution in [2.75, 3.05) is 26.8 Å². The van der Waals surface area contributed by atoms with Crippen molar-refractivity contribution < 1.29 is 47.1 Å². The van der Waals surface area contributed by atoms with Gasteiger partial charge in [-0.1, -0.05) is 81.1 Å². The Bertz CT molecular complexity index is 1540. The number of benzene rings is 3. The third-order valence-corrected chi connectivity index (χ3v) is 8.92. The summed E-state index contributed by atoms with van der Waals surface area (Å²) >= 11 is 0. The van der Waals surface area contributed by atoms with Crippen molar-refractivity contribution in [2.24, 2.45) is 5.92 Å². The molecule has 0 spiro atoms. The number of aliphatic hydroxyl groups excluding tert-OH is 2. The van der Waals surface area contributed by atoms with Crippen LogP contribution in [0.2, 0.25) is 0 Å². The van der Waals surface area contributed by atoms with E-state index in [4.69, 9.17) is 24.1 Å². The molecule has 1 saturated carbocycles. The minimum atomic E-state index is -4.06. The number of alkyl halides is 3. The summed E-state index contributed by atoms with van der Waals surface area (Å²) in [5.41, 5.74) is 5.29. The van der Waals surface area contributed by atoms with Crippen LogP contribution < -0.4 is 9.47 Å². The Labute approximate surface area is 291 Å². The maximum absolute atomic E-state index is 12.4. The molecule has 0 aliphatic heterocycles. The molecule has 0 unspecified atom stereocenters. The molecule has 50 heavy (non-hydrogen) atoms. The van der Waals surface area contributed by atoms with E-state index >= 15 is 0 Å². The van der Waals surface area contributed by atoms with Crippen LogP contribution in [-0.2, 0) is 14.3 Å². The fourth-order valence-electron chi connectivity index (χ4n) is 5.93. The fraction of sp³-hybridized carbons (Fsp3) is 0.375. The van der Waals surface area contributed by atoms with E-state index < -0.39 is 32.0 Å². The molecule has 7 nitrogen and oxygen atoms in total. The minimum absolute atomic E-state index is 0.0933. The molecule has 3 aromatic carbocycles. The topological polar surface area (TPSA) is 94.5 Å². The Morgan fingerprint density at radius 3 is 1.76 bits per heavy atom. The highest BCUT2D eigenvalue weighted by Crippen LogP contribution is 2.39. The molecular formula is C40H45F3O7. The Hall–Kier alpha value is -4.54. The van der Waals surface area contributed by atoms with Gasteiger partial charge in [-0.25, -0.2) is 4.79 Å². The van der Waals surface area contributed by atoms with E-state index in [-0.39, 0.29) is 31.2 Å². The Kier molecular flexibility index (Phi) is 14.1. The zero-order valence-corrected chi connectivity index (χ0v) is 28.2. The van der Waals surface area contributed by atoms with Gasteiger partial charge < -0.3 is 29.2 Å². The van der Waals surface area contributed by atoms with Gasteiger partial charge in [0.1, 0.15) is 17.3 Å². The number of ether oxygens (including phenoxy) is 4. The average Bonchev–Trinajstić information content (AvgIpc) is 3.12. The number of hydrogen-bond acceptors (Lipinski definition) is 7. The van der Waals surface area contributed by atoms with Gasteiger partial charge in [-0.2, -0.15) is 13.2 Å². The Balaban J connectivity index is 1.38. The lowest BCUT2D eigenvalue weighted by molar-refractivity contribution is -0.145. The first-order valence-electron chi connectivity index (χ1n) is 16.7. The maximum atomic E-state index is 12.4.